The summed E-state index contributed by atoms with van der Waals surface area (Å²) in [5.74, 6) is 1.04. The van der Waals surface area contributed by atoms with Crippen molar-refractivity contribution < 1.29 is 28.2 Å². The summed E-state index contributed by atoms with van der Waals surface area (Å²) in [5.41, 5.74) is 4.26. The van der Waals surface area contributed by atoms with Gasteiger partial charge < -0.3 is 34.0 Å². The molecule has 3 N–H and O–H groups in total. The Labute approximate surface area is 254 Å². The Kier molecular flexibility index (Phi) is 9.17. The highest BCUT2D eigenvalue weighted by molar-refractivity contribution is 6.02. The van der Waals surface area contributed by atoms with Crippen LogP contribution in [0.5, 0.6) is 0 Å². The van der Waals surface area contributed by atoms with Gasteiger partial charge in [-0.15, -0.1) is 0 Å². The van der Waals surface area contributed by atoms with Gasteiger partial charge >= 0.3 is 0 Å². The Balaban J connectivity index is 1.21. The zero-order chi connectivity index (χ0) is 30.8. The smallest absolute Gasteiger partial charge is 0.291 e. The molecule has 0 saturated carbocycles. The lowest BCUT2D eigenvalue weighted by atomic mass is 9.86. The molecule has 4 heterocycles. The number of ether oxygens (including phenoxy) is 4. The van der Waals surface area contributed by atoms with Gasteiger partial charge in [0.25, 0.3) is 5.91 Å². The van der Waals surface area contributed by atoms with Crippen LogP contribution < -0.4 is 16.0 Å². The molecule has 0 spiro atoms. The maximum Gasteiger partial charge on any atom is 0.291 e. The van der Waals surface area contributed by atoms with Crippen molar-refractivity contribution in [1.29, 1.82) is 0 Å². The third-order valence-corrected chi connectivity index (χ3v) is 8.22. The standard InChI is InChI=1S/C32H45N5O6/c1-20-17-23-24(32(4,5)43-31(23,2)3)19-21(20)18-22-9-10-25(42-22)27(38)34-26-28(39-6)35-30(36-29(26)40-7)33-11-8-12-37-13-15-41-16-14-37/h9-10,17,19,30,33,35H,8,11-16,18H2,1-7H3,(H,34,38). The molecule has 1 amide bonds. The molecule has 0 bridgehead atoms. The summed E-state index contributed by atoms with van der Waals surface area (Å²) >= 11 is 0. The van der Waals surface area contributed by atoms with Crippen molar-refractivity contribution in [3.8, 4) is 0 Å². The normalized spacial score (nSPS) is 21.2. The van der Waals surface area contributed by atoms with Crippen LogP contribution in [0.2, 0.25) is 0 Å². The monoisotopic (exact) mass is 595 g/mol. The van der Waals surface area contributed by atoms with E-state index in [1.807, 2.05) is 6.07 Å². The predicted molar refractivity (Wildman–Crippen MR) is 163 cm³/mol. The molecule has 1 saturated heterocycles. The second-order valence-corrected chi connectivity index (χ2v) is 12.2. The molecule has 1 fully saturated rings. The SMILES string of the molecule is COC1=NC(NCCCN2CCOCC2)NC(OC)=C1NC(=O)c1ccc(Cc2cc3c(cc2C)C(C)(C)OC3(C)C)o1. The van der Waals surface area contributed by atoms with Gasteiger partial charge in [-0.1, -0.05) is 12.1 Å². The van der Waals surface area contributed by atoms with Crippen molar-refractivity contribution in [1.82, 2.24) is 20.9 Å². The number of nitrogens with zero attached hydrogens (tertiary/aromatic N) is 2. The predicted octanol–water partition coefficient (Wildman–Crippen LogP) is 3.47. The van der Waals surface area contributed by atoms with Gasteiger partial charge in [-0.2, -0.15) is 0 Å². The second kappa shape index (κ2) is 12.7. The summed E-state index contributed by atoms with van der Waals surface area (Å²) in [6.45, 7) is 15.7. The van der Waals surface area contributed by atoms with E-state index in [0.29, 0.717) is 23.8 Å². The molecule has 3 aliphatic heterocycles. The maximum atomic E-state index is 13.2. The Bertz CT molecular complexity index is 1390. The molecule has 5 rings (SSSR count). The van der Waals surface area contributed by atoms with Crippen LogP contribution in [0.15, 0.2) is 45.3 Å². The number of carbonyl (C=O) groups is 1. The number of carbonyl (C=O) groups excluding carboxylic acids is 1. The minimum absolute atomic E-state index is 0.181. The molecule has 0 aliphatic carbocycles. The van der Waals surface area contributed by atoms with Gasteiger partial charge in [0.05, 0.1) is 38.6 Å². The lowest BCUT2D eigenvalue weighted by molar-refractivity contribution is -0.105. The van der Waals surface area contributed by atoms with E-state index in [1.54, 1.807) is 6.07 Å². The summed E-state index contributed by atoms with van der Waals surface area (Å²) in [7, 11) is 3.04. The van der Waals surface area contributed by atoms with E-state index in [4.69, 9.17) is 23.4 Å². The Morgan fingerprint density at radius 3 is 2.51 bits per heavy atom. The summed E-state index contributed by atoms with van der Waals surface area (Å²) < 4.78 is 28.8. The largest absolute Gasteiger partial charge is 0.481 e. The number of benzene rings is 1. The average Bonchev–Trinajstić information content (AvgIpc) is 3.51. The van der Waals surface area contributed by atoms with Gasteiger partial charge in [-0.3, -0.25) is 15.0 Å². The molecule has 1 aromatic carbocycles. The summed E-state index contributed by atoms with van der Waals surface area (Å²) in [5, 5.41) is 9.39. The van der Waals surface area contributed by atoms with Crippen molar-refractivity contribution in [3.63, 3.8) is 0 Å². The van der Waals surface area contributed by atoms with Crippen LogP contribution in [0.25, 0.3) is 0 Å². The molecular weight excluding hydrogens is 550 g/mol. The first-order chi connectivity index (χ1) is 20.5. The van der Waals surface area contributed by atoms with E-state index >= 15 is 0 Å². The fraction of sp³-hybridized carbons (Fsp3) is 0.562. The first-order valence-corrected chi connectivity index (χ1v) is 15.0. The van der Waals surface area contributed by atoms with Gasteiger partial charge in [0.2, 0.25) is 11.8 Å². The van der Waals surface area contributed by atoms with Crippen LogP contribution in [0.1, 0.15) is 72.7 Å². The number of aliphatic imine (C=N–C) groups is 1. The van der Waals surface area contributed by atoms with Gasteiger partial charge in [0.1, 0.15) is 5.76 Å². The molecule has 1 aromatic heterocycles. The molecule has 1 atom stereocenters. The van der Waals surface area contributed by atoms with E-state index in [-0.39, 0.29) is 22.9 Å². The number of amides is 1. The first-order valence-electron chi connectivity index (χ1n) is 15.0. The van der Waals surface area contributed by atoms with Gasteiger partial charge in [0, 0.05) is 26.1 Å². The molecule has 11 heteroatoms. The van der Waals surface area contributed by atoms with Crippen molar-refractivity contribution in [2.45, 2.75) is 65.0 Å². The lowest BCUT2D eigenvalue weighted by Crippen LogP contribution is -2.48. The van der Waals surface area contributed by atoms with E-state index in [1.165, 1.54) is 25.3 Å². The van der Waals surface area contributed by atoms with Crippen molar-refractivity contribution in [3.05, 3.63) is 69.6 Å². The summed E-state index contributed by atoms with van der Waals surface area (Å²) in [6.07, 6.45) is 1.06. The fourth-order valence-electron chi connectivity index (χ4n) is 6.04. The number of aryl methyl sites for hydroxylation is 1. The van der Waals surface area contributed by atoms with Crippen LogP contribution in [-0.2, 0) is 36.6 Å². The number of rotatable bonds is 10. The van der Waals surface area contributed by atoms with Gasteiger partial charge in [0.15, 0.2) is 17.7 Å². The number of fused-ring (bicyclic) bond motifs is 1. The molecule has 2 aromatic rings. The van der Waals surface area contributed by atoms with E-state index in [0.717, 1.165) is 56.9 Å². The quantitative estimate of drug-likeness (QED) is 0.355. The highest BCUT2D eigenvalue weighted by Crippen LogP contribution is 2.47. The Hall–Kier alpha value is -3.38. The van der Waals surface area contributed by atoms with Crippen molar-refractivity contribution in [2.24, 2.45) is 4.99 Å². The number of furan rings is 1. The van der Waals surface area contributed by atoms with Crippen LogP contribution in [0.3, 0.4) is 0 Å². The topological polar surface area (TPSA) is 119 Å². The van der Waals surface area contributed by atoms with E-state index in [9.17, 15) is 4.79 Å². The van der Waals surface area contributed by atoms with Crippen molar-refractivity contribution >= 4 is 11.8 Å². The average molecular weight is 596 g/mol. The summed E-state index contributed by atoms with van der Waals surface area (Å²) in [6, 6.07) is 7.93. The molecular formula is C32H45N5O6. The van der Waals surface area contributed by atoms with Gasteiger partial charge in [-0.05, 0) is 82.0 Å². The third-order valence-electron chi connectivity index (χ3n) is 8.22. The van der Waals surface area contributed by atoms with Gasteiger partial charge in [-0.25, -0.2) is 4.99 Å². The minimum Gasteiger partial charge on any atom is -0.481 e. The molecule has 11 nitrogen and oxygen atoms in total. The minimum atomic E-state index is -0.457. The molecule has 3 aliphatic rings. The highest BCUT2D eigenvalue weighted by Gasteiger charge is 2.43. The number of nitrogens with one attached hydrogen (secondary N) is 3. The second-order valence-electron chi connectivity index (χ2n) is 12.2. The molecule has 1 unspecified atom stereocenters. The van der Waals surface area contributed by atoms with Crippen LogP contribution >= 0.6 is 0 Å². The van der Waals surface area contributed by atoms with Crippen LogP contribution in [-0.4, -0.2) is 76.6 Å². The Morgan fingerprint density at radius 2 is 1.81 bits per heavy atom. The zero-order valence-corrected chi connectivity index (χ0v) is 26.4. The molecule has 234 valence electrons. The number of morpholine rings is 1. The van der Waals surface area contributed by atoms with Crippen molar-refractivity contribution in [2.75, 3.05) is 53.6 Å². The first kappa shape index (κ1) is 31.1. The zero-order valence-electron chi connectivity index (χ0n) is 26.4. The molecule has 43 heavy (non-hydrogen) atoms. The van der Waals surface area contributed by atoms with E-state index in [2.05, 4.69) is 72.6 Å². The number of methoxy groups -OCH3 is 2. The maximum absolute atomic E-state index is 13.2. The number of hydrogen-bond acceptors (Lipinski definition) is 10. The van der Waals surface area contributed by atoms with E-state index < -0.39 is 12.2 Å². The Morgan fingerprint density at radius 1 is 1.09 bits per heavy atom. The lowest BCUT2D eigenvalue weighted by Gasteiger charge is -2.28. The van der Waals surface area contributed by atoms with Crippen LogP contribution in [0.4, 0.5) is 0 Å². The summed E-state index contributed by atoms with van der Waals surface area (Å²) in [4.78, 5) is 20.2. The van der Waals surface area contributed by atoms with Crippen LogP contribution in [0, 0.1) is 6.92 Å². The molecule has 0 radical (unpaired) electrons. The fourth-order valence-corrected chi connectivity index (χ4v) is 6.04. The third kappa shape index (κ3) is 6.90. The highest BCUT2D eigenvalue weighted by atomic mass is 16.5. The number of hydrogen-bond donors (Lipinski definition) is 3.